The first-order valence-electron chi connectivity index (χ1n) is 26.9. The first-order valence-corrected chi connectivity index (χ1v) is 28.3. The van der Waals surface area contributed by atoms with E-state index < -0.39 is 59.9 Å². The largest absolute Gasteiger partial charge is 0.397 e. The van der Waals surface area contributed by atoms with E-state index in [0.29, 0.717) is 12.8 Å². The predicted octanol–water partition coefficient (Wildman–Crippen LogP) is 11.7. The van der Waals surface area contributed by atoms with E-state index in [1.54, 1.807) is 0 Å². The number of carbonyl (C=O) groups is 1. The lowest BCUT2D eigenvalue weighted by molar-refractivity contribution is -0.298. The van der Waals surface area contributed by atoms with Gasteiger partial charge < -0.3 is 35.2 Å². The number of aliphatic hydroxyl groups excluding tert-OH is 4. The van der Waals surface area contributed by atoms with E-state index in [1.807, 2.05) is 0 Å². The van der Waals surface area contributed by atoms with Gasteiger partial charge >= 0.3 is 10.4 Å². The zero-order valence-corrected chi connectivity index (χ0v) is 41.9. The second kappa shape index (κ2) is 42.2. The van der Waals surface area contributed by atoms with Gasteiger partial charge in [-0.05, 0) is 12.8 Å². The number of ether oxygens (including phenoxy) is 2. The minimum absolute atomic E-state index is 0.226. The van der Waals surface area contributed by atoms with Gasteiger partial charge in [0.05, 0.1) is 25.4 Å². The number of nitrogens with one attached hydrogen (secondary N) is 1. The van der Waals surface area contributed by atoms with Gasteiger partial charge in [0.15, 0.2) is 6.29 Å². The molecule has 1 aliphatic heterocycles. The molecule has 12 nitrogen and oxygen atoms in total. The Morgan fingerprint density at radius 2 is 0.906 bits per heavy atom. The van der Waals surface area contributed by atoms with Crippen molar-refractivity contribution in [2.75, 3.05) is 13.2 Å². The van der Waals surface area contributed by atoms with E-state index >= 15 is 0 Å². The molecule has 0 aromatic rings. The van der Waals surface area contributed by atoms with E-state index in [9.17, 15) is 38.2 Å². The summed E-state index contributed by atoms with van der Waals surface area (Å²) in [5, 5.41) is 45.0. The van der Waals surface area contributed by atoms with Crippen LogP contribution in [-0.4, -0.2) is 95.4 Å². The van der Waals surface area contributed by atoms with E-state index in [2.05, 4.69) is 23.3 Å². The van der Waals surface area contributed by atoms with Crippen molar-refractivity contribution in [1.82, 2.24) is 5.32 Å². The Bertz CT molecular complexity index is 1150. The van der Waals surface area contributed by atoms with Gasteiger partial charge in [-0.1, -0.05) is 245 Å². The maximum absolute atomic E-state index is 13.1. The summed E-state index contributed by atoms with van der Waals surface area (Å²) in [5.74, 6) is -0.226. The molecule has 1 aliphatic rings. The molecule has 0 spiro atoms. The second-order valence-electron chi connectivity index (χ2n) is 19.2. The van der Waals surface area contributed by atoms with Gasteiger partial charge in [0.2, 0.25) is 5.91 Å². The summed E-state index contributed by atoms with van der Waals surface area (Å²) in [6.07, 6.45) is 38.3. The molecule has 0 aromatic carbocycles. The van der Waals surface area contributed by atoms with Crippen LogP contribution in [0.25, 0.3) is 0 Å². The van der Waals surface area contributed by atoms with Gasteiger partial charge in [-0.15, -0.1) is 0 Å². The Labute approximate surface area is 392 Å². The van der Waals surface area contributed by atoms with Crippen LogP contribution in [0.4, 0.5) is 0 Å². The van der Waals surface area contributed by atoms with E-state index in [1.165, 1.54) is 186 Å². The molecule has 13 heteroatoms. The lowest BCUT2D eigenvalue weighted by Crippen LogP contribution is -2.61. The number of rotatable bonds is 47. The Balaban J connectivity index is 2.33. The quantitative estimate of drug-likeness (QED) is 0.0251. The number of amides is 1. The maximum atomic E-state index is 13.1. The van der Waals surface area contributed by atoms with Gasteiger partial charge in [0.25, 0.3) is 0 Å². The van der Waals surface area contributed by atoms with Crippen molar-refractivity contribution in [2.45, 2.75) is 307 Å². The summed E-state index contributed by atoms with van der Waals surface area (Å²) >= 11 is 0. The minimum atomic E-state index is -5.07. The number of unbranched alkanes of at least 4 members (excludes halogenated alkanes) is 35. The second-order valence-corrected chi connectivity index (χ2v) is 20.2. The van der Waals surface area contributed by atoms with E-state index in [-0.39, 0.29) is 12.5 Å². The molecular weight excluding hydrogens is 835 g/mol. The van der Waals surface area contributed by atoms with Crippen molar-refractivity contribution in [2.24, 2.45) is 0 Å². The molecule has 0 radical (unpaired) electrons. The molecule has 1 saturated heterocycles. The molecule has 6 N–H and O–H groups in total. The van der Waals surface area contributed by atoms with Crippen LogP contribution in [0.5, 0.6) is 0 Å². The molecule has 0 bridgehead atoms. The van der Waals surface area contributed by atoms with Crippen LogP contribution in [-0.2, 0) is 28.9 Å². The third-order valence-corrected chi connectivity index (χ3v) is 13.6. The molecule has 1 fully saturated rings. The fourth-order valence-electron chi connectivity index (χ4n) is 8.99. The fourth-order valence-corrected chi connectivity index (χ4v) is 9.50. The summed E-state index contributed by atoms with van der Waals surface area (Å²) in [7, 11) is -5.07. The van der Waals surface area contributed by atoms with Gasteiger partial charge in [-0.3, -0.25) is 9.35 Å². The van der Waals surface area contributed by atoms with Crippen molar-refractivity contribution in [3.05, 3.63) is 0 Å². The molecule has 0 saturated carbocycles. The van der Waals surface area contributed by atoms with Gasteiger partial charge in [-0.25, -0.2) is 4.18 Å². The fraction of sp³-hybridized carbons (Fsp3) is 0.980. The van der Waals surface area contributed by atoms with Crippen molar-refractivity contribution in [1.29, 1.82) is 0 Å². The summed E-state index contributed by atoms with van der Waals surface area (Å²) < 4.78 is 47.8. The van der Waals surface area contributed by atoms with Crippen LogP contribution in [0.2, 0.25) is 0 Å². The molecule has 1 amide bonds. The van der Waals surface area contributed by atoms with Crippen LogP contribution < -0.4 is 5.32 Å². The van der Waals surface area contributed by atoms with E-state index in [4.69, 9.17) is 9.47 Å². The normalized spacial score (nSPS) is 20.1. The highest BCUT2D eigenvalue weighted by molar-refractivity contribution is 7.80. The topological polar surface area (TPSA) is 192 Å². The minimum Gasteiger partial charge on any atom is -0.394 e. The zero-order chi connectivity index (χ0) is 46.9. The average molecular weight is 936 g/mol. The molecule has 7 unspecified atom stereocenters. The van der Waals surface area contributed by atoms with Gasteiger partial charge in [0.1, 0.15) is 24.4 Å². The molecule has 382 valence electrons. The van der Waals surface area contributed by atoms with Gasteiger partial charge in [-0.2, -0.15) is 8.42 Å². The molecule has 0 aliphatic carbocycles. The van der Waals surface area contributed by atoms with Crippen LogP contribution >= 0.6 is 0 Å². The summed E-state index contributed by atoms with van der Waals surface area (Å²) in [4.78, 5) is 13.1. The highest BCUT2D eigenvalue weighted by Gasteiger charge is 2.48. The highest BCUT2D eigenvalue weighted by Crippen LogP contribution is 2.26. The zero-order valence-electron chi connectivity index (χ0n) is 41.1. The first kappa shape index (κ1) is 61.1. The molecule has 1 rings (SSSR count). The number of hydrogen-bond donors (Lipinski definition) is 6. The third-order valence-electron chi connectivity index (χ3n) is 13.2. The monoisotopic (exact) mass is 936 g/mol. The third kappa shape index (κ3) is 34.4. The predicted molar refractivity (Wildman–Crippen MR) is 259 cm³/mol. The first-order chi connectivity index (χ1) is 31.0. The summed E-state index contributed by atoms with van der Waals surface area (Å²) in [5.41, 5.74) is 0. The molecule has 0 aromatic heterocycles. The van der Waals surface area contributed by atoms with Crippen LogP contribution in [0.3, 0.4) is 0 Å². The van der Waals surface area contributed by atoms with Crippen LogP contribution in [0, 0.1) is 0 Å². The number of hydrogen-bond acceptors (Lipinski definition) is 10. The van der Waals surface area contributed by atoms with Crippen molar-refractivity contribution >= 4 is 16.3 Å². The SMILES string of the molecule is CCCCCCCCCCCCCCCCCCCCCCCCCCCC(O)C(COC1OC(CO)C(O)C(OS(=O)(=O)O)C1O)NC(=O)CCCCCCCCCCCCCC. The lowest BCUT2D eigenvalue weighted by Gasteiger charge is -2.41. The molecule has 7 atom stereocenters. The van der Waals surface area contributed by atoms with Crippen molar-refractivity contribution in [3.63, 3.8) is 0 Å². The van der Waals surface area contributed by atoms with Crippen molar-refractivity contribution in [3.8, 4) is 0 Å². The lowest BCUT2D eigenvalue weighted by atomic mass is 9.99. The standard InChI is InChI=1S/C51H101NO11S/c1-3-5-7-9-11-13-15-17-18-19-20-21-22-23-24-25-26-27-28-29-30-32-34-36-38-40-45(54)44(52-47(55)41-39-37-35-33-31-16-14-12-10-8-6-4-2)43-61-51-49(57)50(63-64(58,59)60)48(56)46(42-53)62-51/h44-46,48-51,53-54,56-57H,3-43H2,1-2H3,(H,52,55)(H,58,59,60). The average Bonchev–Trinajstić information content (AvgIpc) is 3.27. The summed E-state index contributed by atoms with van der Waals surface area (Å²) in [6, 6.07) is -0.852. The number of aliphatic hydroxyl groups is 4. The molecule has 64 heavy (non-hydrogen) atoms. The Morgan fingerprint density at radius 1 is 0.562 bits per heavy atom. The Morgan fingerprint density at radius 3 is 1.25 bits per heavy atom. The maximum Gasteiger partial charge on any atom is 0.397 e. The van der Waals surface area contributed by atoms with Crippen LogP contribution in [0.1, 0.15) is 264 Å². The summed E-state index contributed by atoms with van der Waals surface area (Å²) in [6.45, 7) is 3.47. The van der Waals surface area contributed by atoms with E-state index in [0.717, 1.165) is 51.4 Å². The smallest absolute Gasteiger partial charge is 0.394 e. The van der Waals surface area contributed by atoms with Crippen LogP contribution in [0.15, 0.2) is 0 Å². The Kier molecular flexibility index (Phi) is 40.3. The highest BCUT2D eigenvalue weighted by atomic mass is 32.3. The Hall–Kier alpha value is -0.900. The molecule has 1 heterocycles. The van der Waals surface area contributed by atoms with Gasteiger partial charge in [0, 0.05) is 6.42 Å². The number of carbonyl (C=O) groups excluding carboxylic acids is 1. The molecular formula is C51H101NO11S. The van der Waals surface area contributed by atoms with Crippen molar-refractivity contribution < 1.29 is 51.8 Å².